The highest BCUT2D eigenvalue weighted by Gasteiger charge is 2.15. The quantitative estimate of drug-likeness (QED) is 0.758. The van der Waals surface area contributed by atoms with Crippen LogP contribution in [-0.2, 0) is 0 Å². The summed E-state index contributed by atoms with van der Waals surface area (Å²) >= 11 is 0. The van der Waals surface area contributed by atoms with Gasteiger partial charge >= 0.3 is 0 Å². The van der Waals surface area contributed by atoms with E-state index in [0.29, 0.717) is 23.3 Å². The van der Waals surface area contributed by atoms with Crippen molar-refractivity contribution < 1.29 is 0 Å². The van der Waals surface area contributed by atoms with Crippen LogP contribution in [0.15, 0.2) is 6.20 Å². The van der Waals surface area contributed by atoms with Crippen LogP contribution < -0.4 is 11.5 Å². The third-order valence-electron chi connectivity index (χ3n) is 2.42. The highest BCUT2D eigenvalue weighted by atomic mass is 14.9. The van der Waals surface area contributed by atoms with Crippen LogP contribution in [0.1, 0.15) is 50.7 Å². The van der Waals surface area contributed by atoms with E-state index in [1.807, 2.05) is 6.20 Å². The Kier molecular flexibility index (Phi) is 2.99. The average molecular weight is 193 g/mol. The van der Waals surface area contributed by atoms with Crippen LogP contribution in [0.4, 0.5) is 11.5 Å². The molecule has 0 aromatic carbocycles. The predicted molar refractivity (Wildman–Crippen MR) is 61.2 cm³/mol. The second kappa shape index (κ2) is 3.86. The molecule has 0 aliphatic heterocycles. The molecule has 0 spiro atoms. The van der Waals surface area contributed by atoms with Crippen molar-refractivity contribution in [2.24, 2.45) is 0 Å². The molecule has 0 saturated carbocycles. The molecule has 1 rings (SSSR count). The molecule has 0 aliphatic carbocycles. The maximum atomic E-state index is 5.93. The fourth-order valence-electron chi connectivity index (χ4n) is 1.68. The van der Waals surface area contributed by atoms with Gasteiger partial charge in [-0.15, -0.1) is 0 Å². The first kappa shape index (κ1) is 10.8. The molecule has 1 aromatic rings. The number of anilines is 2. The maximum absolute atomic E-state index is 5.93. The van der Waals surface area contributed by atoms with Gasteiger partial charge in [0.2, 0.25) is 0 Å². The fourth-order valence-corrected chi connectivity index (χ4v) is 1.68. The fraction of sp³-hybridized carbons (Fsp3) is 0.545. The normalized spacial score (nSPS) is 11.3. The molecule has 78 valence electrons. The zero-order valence-corrected chi connectivity index (χ0v) is 9.33. The van der Waals surface area contributed by atoms with Crippen molar-refractivity contribution >= 4 is 11.5 Å². The highest BCUT2D eigenvalue weighted by Crippen LogP contribution is 2.32. The van der Waals surface area contributed by atoms with Gasteiger partial charge in [-0.3, -0.25) is 0 Å². The summed E-state index contributed by atoms with van der Waals surface area (Å²) in [7, 11) is 0. The lowest BCUT2D eigenvalue weighted by molar-refractivity contribution is 0.787. The smallest absolute Gasteiger partial charge is 0.146 e. The Labute approximate surface area is 85.5 Å². The van der Waals surface area contributed by atoms with Gasteiger partial charge in [0.15, 0.2) is 0 Å². The Bertz CT molecular complexity index is 330. The summed E-state index contributed by atoms with van der Waals surface area (Å²) in [5.74, 6) is 1.26. The van der Waals surface area contributed by atoms with Crippen molar-refractivity contribution in [3.05, 3.63) is 17.3 Å². The van der Waals surface area contributed by atoms with Gasteiger partial charge in [0.1, 0.15) is 5.82 Å². The average Bonchev–Trinajstić information content (AvgIpc) is 2.08. The van der Waals surface area contributed by atoms with E-state index in [-0.39, 0.29) is 0 Å². The minimum absolute atomic E-state index is 0.387. The number of hydrogen-bond acceptors (Lipinski definition) is 3. The van der Waals surface area contributed by atoms with E-state index in [9.17, 15) is 0 Å². The van der Waals surface area contributed by atoms with Crippen LogP contribution in [-0.4, -0.2) is 4.98 Å². The molecule has 0 atom stereocenters. The SMILES string of the molecule is CC(C)c1cnc(N)c(N)c1C(C)C. The van der Waals surface area contributed by atoms with Gasteiger partial charge < -0.3 is 11.5 Å². The summed E-state index contributed by atoms with van der Waals surface area (Å²) in [5, 5.41) is 0. The molecule has 3 nitrogen and oxygen atoms in total. The molecule has 4 N–H and O–H groups in total. The Morgan fingerprint density at radius 1 is 1.07 bits per heavy atom. The number of nitrogen functional groups attached to an aromatic ring is 2. The largest absolute Gasteiger partial charge is 0.396 e. The lowest BCUT2D eigenvalue weighted by Gasteiger charge is -2.18. The van der Waals surface area contributed by atoms with Crippen molar-refractivity contribution in [2.45, 2.75) is 39.5 Å². The molecule has 0 unspecified atom stereocenters. The third kappa shape index (κ3) is 1.81. The first-order valence-electron chi connectivity index (χ1n) is 4.98. The van der Waals surface area contributed by atoms with E-state index in [4.69, 9.17) is 11.5 Å². The first-order chi connectivity index (χ1) is 6.45. The zero-order chi connectivity index (χ0) is 10.9. The van der Waals surface area contributed by atoms with E-state index in [1.54, 1.807) is 0 Å². The van der Waals surface area contributed by atoms with Gasteiger partial charge in [0, 0.05) is 6.20 Å². The van der Waals surface area contributed by atoms with E-state index in [0.717, 1.165) is 5.56 Å². The first-order valence-corrected chi connectivity index (χ1v) is 4.98. The van der Waals surface area contributed by atoms with Crippen LogP contribution >= 0.6 is 0 Å². The monoisotopic (exact) mass is 193 g/mol. The van der Waals surface area contributed by atoms with Gasteiger partial charge in [-0.05, 0) is 23.0 Å². The van der Waals surface area contributed by atoms with E-state index < -0.39 is 0 Å². The Hall–Kier alpha value is -1.25. The van der Waals surface area contributed by atoms with Gasteiger partial charge in [-0.25, -0.2) is 4.98 Å². The molecule has 3 heteroatoms. The number of pyridine rings is 1. The van der Waals surface area contributed by atoms with Crippen LogP contribution in [0.25, 0.3) is 0 Å². The molecule has 0 radical (unpaired) electrons. The highest BCUT2D eigenvalue weighted by molar-refractivity contribution is 5.66. The molecule has 0 aliphatic rings. The van der Waals surface area contributed by atoms with Crippen LogP contribution in [0.5, 0.6) is 0 Å². The Balaban J connectivity index is 3.38. The number of hydrogen-bond donors (Lipinski definition) is 2. The van der Waals surface area contributed by atoms with Gasteiger partial charge in [-0.1, -0.05) is 27.7 Å². The minimum atomic E-state index is 0.387. The summed E-state index contributed by atoms with van der Waals surface area (Å²) in [5.41, 5.74) is 14.6. The van der Waals surface area contributed by atoms with Crippen LogP contribution in [0, 0.1) is 0 Å². The standard InChI is InChI=1S/C11H19N3/c1-6(2)8-5-14-11(13)10(12)9(8)7(3)4/h5-7H,12H2,1-4H3,(H2,13,14). The summed E-state index contributed by atoms with van der Waals surface area (Å²) in [6.45, 7) is 8.52. The maximum Gasteiger partial charge on any atom is 0.146 e. The third-order valence-corrected chi connectivity index (χ3v) is 2.42. The lowest BCUT2D eigenvalue weighted by atomic mass is 9.91. The molecule has 1 heterocycles. The second-order valence-corrected chi connectivity index (χ2v) is 4.24. The van der Waals surface area contributed by atoms with E-state index in [2.05, 4.69) is 32.7 Å². The minimum Gasteiger partial charge on any atom is -0.396 e. The summed E-state index contributed by atoms with van der Waals surface area (Å²) < 4.78 is 0. The summed E-state index contributed by atoms with van der Waals surface area (Å²) in [6, 6.07) is 0. The van der Waals surface area contributed by atoms with Crippen LogP contribution in [0.3, 0.4) is 0 Å². The van der Waals surface area contributed by atoms with E-state index in [1.165, 1.54) is 5.56 Å². The number of nitrogens with two attached hydrogens (primary N) is 2. The molecule has 0 fully saturated rings. The van der Waals surface area contributed by atoms with Crippen molar-refractivity contribution in [2.75, 3.05) is 11.5 Å². The molecular formula is C11H19N3. The lowest BCUT2D eigenvalue weighted by Crippen LogP contribution is -2.08. The van der Waals surface area contributed by atoms with Crippen molar-refractivity contribution in [3.63, 3.8) is 0 Å². The van der Waals surface area contributed by atoms with Crippen molar-refractivity contribution in [3.8, 4) is 0 Å². The molecule has 14 heavy (non-hydrogen) atoms. The summed E-state index contributed by atoms with van der Waals surface area (Å²) in [6.07, 6.45) is 1.84. The van der Waals surface area contributed by atoms with Gasteiger partial charge in [-0.2, -0.15) is 0 Å². The predicted octanol–water partition coefficient (Wildman–Crippen LogP) is 2.49. The molecule has 0 amide bonds. The van der Waals surface area contributed by atoms with Gasteiger partial charge in [0.25, 0.3) is 0 Å². The Morgan fingerprint density at radius 3 is 2.07 bits per heavy atom. The molecule has 0 saturated heterocycles. The van der Waals surface area contributed by atoms with E-state index >= 15 is 0 Å². The molecule has 1 aromatic heterocycles. The second-order valence-electron chi connectivity index (χ2n) is 4.24. The molecule has 0 bridgehead atoms. The number of aromatic nitrogens is 1. The number of rotatable bonds is 2. The van der Waals surface area contributed by atoms with Crippen molar-refractivity contribution in [1.29, 1.82) is 0 Å². The van der Waals surface area contributed by atoms with Gasteiger partial charge in [0.05, 0.1) is 5.69 Å². The Morgan fingerprint density at radius 2 is 1.64 bits per heavy atom. The van der Waals surface area contributed by atoms with Crippen molar-refractivity contribution in [1.82, 2.24) is 4.98 Å². The molecular weight excluding hydrogens is 174 g/mol. The summed E-state index contributed by atoms with van der Waals surface area (Å²) in [4.78, 5) is 4.10. The number of nitrogens with zero attached hydrogens (tertiary/aromatic N) is 1. The van der Waals surface area contributed by atoms with Crippen LogP contribution in [0.2, 0.25) is 0 Å². The zero-order valence-electron chi connectivity index (χ0n) is 9.33. The topological polar surface area (TPSA) is 64.9 Å².